The van der Waals surface area contributed by atoms with Crippen molar-refractivity contribution in [2.75, 3.05) is 13.1 Å². The molecule has 2 aromatic rings. The van der Waals surface area contributed by atoms with Crippen LogP contribution in [0.1, 0.15) is 44.5 Å². The maximum absolute atomic E-state index is 15.1. The van der Waals surface area contributed by atoms with E-state index in [-0.39, 0.29) is 18.2 Å². The Morgan fingerprint density at radius 3 is 2.57 bits per heavy atom. The second-order valence-corrected chi connectivity index (χ2v) is 9.00. The smallest absolute Gasteiger partial charge is 0.254 e. The van der Waals surface area contributed by atoms with Gasteiger partial charge < -0.3 is 15.1 Å². The number of nitrogens with one attached hydrogen (secondary N) is 1. The first-order valence-corrected chi connectivity index (χ1v) is 12.5. The van der Waals surface area contributed by atoms with E-state index < -0.39 is 11.9 Å². The molecule has 0 spiro atoms. The molecule has 0 radical (unpaired) electrons. The SMILES string of the molecule is CCN(CC)C(=O)C1=C(C)N=C2SC=C(CC(=O)NCc3ccccn3)N2C1c1ccccc1F. The molecule has 2 aliphatic heterocycles. The zero-order valence-electron chi connectivity index (χ0n) is 20.0. The summed E-state index contributed by atoms with van der Waals surface area (Å²) in [4.78, 5) is 38.8. The van der Waals surface area contributed by atoms with E-state index >= 15 is 4.39 Å². The van der Waals surface area contributed by atoms with Crippen LogP contribution in [0.3, 0.4) is 0 Å². The molecule has 3 heterocycles. The third kappa shape index (κ3) is 5.14. The lowest BCUT2D eigenvalue weighted by molar-refractivity contribution is -0.127. The Morgan fingerprint density at radius 2 is 1.89 bits per heavy atom. The Kier molecular flexibility index (Phi) is 7.65. The number of aliphatic imine (C=N–C) groups is 1. The number of amides is 2. The maximum Gasteiger partial charge on any atom is 0.254 e. The fourth-order valence-electron chi connectivity index (χ4n) is 4.23. The summed E-state index contributed by atoms with van der Waals surface area (Å²) in [5.41, 5.74) is 2.77. The number of allylic oxidation sites excluding steroid dienone is 1. The van der Waals surface area contributed by atoms with Crippen molar-refractivity contribution >= 4 is 28.7 Å². The van der Waals surface area contributed by atoms with Crippen LogP contribution in [0.2, 0.25) is 0 Å². The highest BCUT2D eigenvalue weighted by Gasteiger charge is 2.42. The van der Waals surface area contributed by atoms with Crippen LogP contribution < -0.4 is 5.32 Å². The summed E-state index contributed by atoms with van der Waals surface area (Å²) in [6, 6.07) is 11.3. The second-order valence-electron chi connectivity index (χ2n) is 8.17. The zero-order chi connectivity index (χ0) is 24.9. The maximum atomic E-state index is 15.1. The van der Waals surface area contributed by atoms with Gasteiger partial charge in [0.2, 0.25) is 5.91 Å². The Hall–Kier alpha value is -3.46. The van der Waals surface area contributed by atoms with Gasteiger partial charge in [-0.05, 0) is 44.4 Å². The quantitative estimate of drug-likeness (QED) is 0.591. The van der Waals surface area contributed by atoms with Gasteiger partial charge in [0.05, 0.1) is 36.0 Å². The molecule has 1 N–H and O–H groups in total. The lowest BCUT2D eigenvalue weighted by Crippen LogP contribution is -2.42. The van der Waals surface area contributed by atoms with E-state index in [1.54, 1.807) is 36.2 Å². The number of fused-ring (bicyclic) bond motifs is 1. The van der Waals surface area contributed by atoms with E-state index in [1.807, 2.05) is 42.4 Å². The van der Waals surface area contributed by atoms with E-state index in [1.165, 1.54) is 17.8 Å². The lowest BCUT2D eigenvalue weighted by atomic mass is 9.92. The number of aromatic nitrogens is 1. The standard InChI is InChI=1S/C26H28FN5O2S/c1-4-31(5-2)25(34)23-17(3)30-26-32(24(23)20-11-6-7-12-21(20)27)19(16-35-26)14-22(33)29-15-18-10-8-9-13-28-18/h6-13,16,24H,4-5,14-15H2,1-3H3,(H,29,33). The van der Waals surface area contributed by atoms with Gasteiger partial charge in [-0.15, -0.1) is 0 Å². The normalized spacial score (nSPS) is 17.0. The first-order valence-electron chi connectivity index (χ1n) is 11.6. The Morgan fingerprint density at radius 1 is 1.14 bits per heavy atom. The van der Waals surface area contributed by atoms with Crippen LogP contribution in [-0.4, -0.2) is 44.9 Å². The van der Waals surface area contributed by atoms with Gasteiger partial charge in [0, 0.05) is 30.5 Å². The summed E-state index contributed by atoms with van der Waals surface area (Å²) in [7, 11) is 0. The summed E-state index contributed by atoms with van der Waals surface area (Å²) in [6.07, 6.45) is 1.74. The minimum Gasteiger partial charge on any atom is -0.350 e. The number of carbonyl (C=O) groups excluding carboxylic acids is 2. The van der Waals surface area contributed by atoms with Gasteiger partial charge in [-0.3, -0.25) is 14.6 Å². The number of thioether (sulfide) groups is 1. The van der Waals surface area contributed by atoms with Crippen LogP contribution in [0.25, 0.3) is 0 Å². The third-order valence-electron chi connectivity index (χ3n) is 6.02. The number of likely N-dealkylation sites (N-methyl/N-ethyl adjacent to an activating group) is 1. The molecule has 1 atom stereocenters. The molecule has 0 aliphatic carbocycles. The van der Waals surface area contributed by atoms with Crippen LogP contribution in [0.5, 0.6) is 0 Å². The summed E-state index contributed by atoms with van der Waals surface area (Å²) in [6.45, 7) is 6.97. The minimum atomic E-state index is -0.721. The van der Waals surface area contributed by atoms with E-state index in [0.717, 1.165) is 5.69 Å². The molecule has 0 bridgehead atoms. The molecule has 1 unspecified atom stereocenters. The molecule has 0 saturated carbocycles. The predicted octanol–water partition coefficient (Wildman–Crippen LogP) is 4.37. The Labute approximate surface area is 208 Å². The largest absolute Gasteiger partial charge is 0.350 e. The fraction of sp³-hybridized carbons (Fsp3) is 0.308. The monoisotopic (exact) mass is 493 g/mol. The van der Waals surface area contributed by atoms with Crippen LogP contribution in [-0.2, 0) is 16.1 Å². The van der Waals surface area contributed by atoms with Gasteiger partial charge in [0.15, 0.2) is 5.17 Å². The van der Waals surface area contributed by atoms with Crippen molar-refractivity contribution in [3.63, 3.8) is 0 Å². The van der Waals surface area contributed by atoms with E-state index in [9.17, 15) is 9.59 Å². The van der Waals surface area contributed by atoms with Gasteiger partial charge in [0.1, 0.15) is 5.82 Å². The summed E-state index contributed by atoms with van der Waals surface area (Å²) < 4.78 is 15.1. The fourth-order valence-corrected chi connectivity index (χ4v) is 5.20. The minimum absolute atomic E-state index is 0.0651. The summed E-state index contributed by atoms with van der Waals surface area (Å²) in [5.74, 6) is -0.786. The second kappa shape index (κ2) is 10.9. The van der Waals surface area contributed by atoms with Crippen molar-refractivity contribution < 1.29 is 14.0 Å². The highest BCUT2D eigenvalue weighted by molar-refractivity contribution is 8.16. The van der Waals surface area contributed by atoms with Crippen molar-refractivity contribution in [3.05, 3.63) is 88.1 Å². The molecule has 2 aliphatic rings. The van der Waals surface area contributed by atoms with Gasteiger partial charge >= 0.3 is 0 Å². The van der Waals surface area contributed by atoms with Crippen LogP contribution in [0.15, 0.2) is 76.0 Å². The van der Waals surface area contributed by atoms with Gasteiger partial charge in [0.25, 0.3) is 5.91 Å². The van der Waals surface area contributed by atoms with Crippen molar-refractivity contribution in [1.82, 2.24) is 20.1 Å². The first-order chi connectivity index (χ1) is 16.9. The zero-order valence-corrected chi connectivity index (χ0v) is 20.8. The molecule has 2 amide bonds. The highest BCUT2D eigenvalue weighted by atomic mass is 32.2. The molecule has 0 saturated heterocycles. The molecule has 9 heteroatoms. The van der Waals surface area contributed by atoms with Crippen molar-refractivity contribution in [1.29, 1.82) is 0 Å². The average Bonchev–Trinajstić information content (AvgIpc) is 3.25. The van der Waals surface area contributed by atoms with Crippen LogP contribution in [0.4, 0.5) is 4.39 Å². The molecule has 182 valence electrons. The van der Waals surface area contributed by atoms with Crippen molar-refractivity contribution in [2.24, 2.45) is 4.99 Å². The van der Waals surface area contributed by atoms with Crippen molar-refractivity contribution in [2.45, 2.75) is 39.8 Å². The summed E-state index contributed by atoms with van der Waals surface area (Å²) in [5, 5.41) is 5.36. The Bertz CT molecular complexity index is 1210. The molecular formula is C26H28FN5O2S. The highest BCUT2D eigenvalue weighted by Crippen LogP contribution is 2.45. The number of pyridine rings is 1. The number of halogens is 1. The number of carbonyl (C=O) groups is 2. The predicted molar refractivity (Wildman–Crippen MR) is 135 cm³/mol. The molecule has 7 nitrogen and oxygen atoms in total. The van der Waals surface area contributed by atoms with Gasteiger partial charge in [-0.1, -0.05) is 36.0 Å². The number of hydrogen-bond acceptors (Lipinski definition) is 6. The van der Waals surface area contributed by atoms with Crippen LogP contribution in [0, 0.1) is 5.82 Å². The number of nitrogens with zero attached hydrogens (tertiary/aromatic N) is 4. The number of hydrogen-bond donors (Lipinski definition) is 1. The molecule has 35 heavy (non-hydrogen) atoms. The van der Waals surface area contributed by atoms with E-state index in [0.29, 0.717) is 47.3 Å². The van der Waals surface area contributed by atoms with Crippen molar-refractivity contribution in [3.8, 4) is 0 Å². The average molecular weight is 494 g/mol. The molecular weight excluding hydrogens is 465 g/mol. The van der Waals surface area contributed by atoms with E-state index in [4.69, 9.17) is 0 Å². The summed E-state index contributed by atoms with van der Waals surface area (Å²) >= 11 is 1.37. The number of amidine groups is 1. The third-order valence-corrected chi connectivity index (χ3v) is 6.90. The lowest BCUT2D eigenvalue weighted by Gasteiger charge is -2.38. The van der Waals surface area contributed by atoms with E-state index in [2.05, 4.69) is 15.3 Å². The Balaban J connectivity index is 1.65. The number of benzene rings is 1. The molecule has 0 fully saturated rings. The van der Waals surface area contributed by atoms with Gasteiger partial charge in [-0.2, -0.15) is 0 Å². The molecule has 4 rings (SSSR count). The topological polar surface area (TPSA) is 77.9 Å². The molecule has 1 aromatic carbocycles. The van der Waals surface area contributed by atoms with Gasteiger partial charge in [-0.25, -0.2) is 9.38 Å². The first kappa shape index (κ1) is 24.7. The molecule has 1 aromatic heterocycles. The number of rotatable bonds is 8. The van der Waals surface area contributed by atoms with Crippen LogP contribution >= 0.6 is 11.8 Å².